The first-order valence-electron chi connectivity index (χ1n) is 4.49. The van der Waals surface area contributed by atoms with Gasteiger partial charge in [0.1, 0.15) is 6.10 Å². The van der Waals surface area contributed by atoms with Crippen LogP contribution in [0.5, 0.6) is 0 Å². The highest BCUT2D eigenvalue weighted by Crippen LogP contribution is 2.15. The molecule has 88 valence electrons. The van der Waals surface area contributed by atoms with Gasteiger partial charge in [-0.2, -0.15) is 0 Å². The van der Waals surface area contributed by atoms with Crippen molar-refractivity contribution in [1.82, 2.24) is 4.90 Å². The SMILES string of the molecule is O=C(C(F)Cl)N1CCOC(C(F)F)CC1. The van der Waals surface area contributed by atoms with Crippen molar-refractivity contribution in [2.24, 2.45) is 0 Å². The molecule has 0 spiro atoms. The predicted molar refractivity (Wildman–Crippen MR) is 47.7 cm³/mol. The van der Waals surface area contributed by atoms with Crippen molar-refractivity contribution >= 4 is 17.5 Å². The minimum absolute atomic E-state index is 0.00693. The summed E-state index contributed by atoms with van der Waals surface area (Å²) < 4.78 is 41.8. The number of nitrogens with zero attached hydrogens (tertiary/aromatic N) is 1. The topological polar surface area (TPSA) is 29.5 Å². The number of hydrogen-bond donors (Lipinski definition) is 0. The molecule has 2 unspecified atom stereocenters. The van der Waals surface area contributed by atoms with Crippen molar-refractivity contribution in [3.63, 3.8) is 0 Å². The summed E-state index contributed by atoms with van der Waals surface area (Å²) in [6, 6.07) is 0. The number of amides is 1. The Kier molecular flexibility index (Phi) is 4.66. The molecule has 1 rings (SSSR count). The summed E-state index contributed by atoms with van der Waals surface area (Å²) in [5, 5.41) is 0. The van der Waals surface area contributed by atoms with Crippen LogP contribution in [-0.4, -0.2) is 48.7 Å². The molecule has 1 amide bonds. The van der Waals surface area contributed by atoms with E-state index in [0.29, 0.717) is 0 Å². The van der Waals surface area contributed by atoms with Crippen molar-refractivity contribution in [1.29, 1.82) is 0 Å². The van der Waals surface area contributed by atoms with Crippen LogP contribution in [0.25, 0.3) is 0 Å². The Morgan fingerprint density at radius 3 is 2.60 bits per heavy atom. The molecule has 0 bridgehead atoms. The molecule has 0 aliphatic carbocycles. The van der Waals surface area contributed by atoms with E-state index in [2.05, 4.69) is 0 Å². The fraction of sp³-hybridized carbons (Fsp3) is 0.875. The second kappa shape index (κ2) is 5.55. The van der Waals surface area contributed by atoms with Gasteiger partial charge in [0.2, 0.25) is 0 Å². The summed E-state index contributed by atoms with van der Waals surface area (Å²) in [5.41, 5.74) is -2.12. The normalized spacial score (nSPS) is 25.1. The van der Waals surface area contributed by atoms with Gasteiger partial charge in [0.25, 0.3) is 18.0 Å². The number of hydrogen-bond acceptors (Lipinski definition) is 2. The average Bonchev–Trinajstić information content (AvgIpc) is 2.41. The van der Waals surface area contributed by atoms with Gasteiger partial charge in [-0.25, -0.2) is 13.2 Å². The van der Waals surface area contributed by atoms with E-state index in [1.54, 1.807) is 0 Å². The molecule has 0 aromatic carbocycles. The van der Waals surface area contributed by atoms with E-state index in [1.807, 2.05) is 0 Å². The molecule has 0 aromatic rings. The van der Waals surface area contributed by atoms with Crippen LogP contribution in [0.15, 0.2) is 0 Å². The van der Waals surface area contributed by atoms with Crippen LogP contribution in [0.3, 0.4) is 0 Å². The monoisotopic (exact) mass is 245 g/mol. The van der Waals surface area contributed by atoms with E-state index < -0.39 is 24.1 Å². The molecular formula is C8H11ClF3NO2. The van der Waals surface area contributed by atoms with E-state index in [0.717, 1.165) is 4.90 Å². The number of alkyl halides is 4. The fourth-order valence-corrected chi connectivity index (χ4v) is 1.49. The van der Waals surface area contributed by atoms with Crippen LogP contribution in [-0.2, 0) is 9.53 Å². The Balaban J connectivity index is 2.49. The zero-order valence-corrected chi connectivity index (χ0v) is 8.59. The Hall–Kier alpha value is -0.490. The Labute approximate surface area is 90.1 Å². The van der Waals surface area contributed by atoms with Crippen LogP contribution >= 0.6 is 11.6 Å². The van der Waals surface area contributed by atoms with Gasteiger partial charge in [0.15, 0.2) is 0 Å². The molecule has 1 aliphatic rings. The summed E-state index contributed by atoms with van der Waals surface area (Å²) >= 11 is 4.97. The van der Waals surface area contributed by atoms with Crippen molar-refractivity contribution < 1.29 is 22.7 Å². The van der Waals surface area contributed by atoms with E-state index in [1.165, 1.54) is 0 Å². The summed E-state index contributed by atoms with van der Waals surface area (Å²) in [6.07, 6.45) is -3.78. The smallest absolute Gasteiger partial charge is 0.272 e. The predicted octanol–water partition coefficient (Wildman–Crippen LogP) is 1.40. The molecule has 1 heterocycles. The fourth-order valence-electron chi connectivity index (χ4n) is 1.35. The lowest BCUT2D eigenvalue weighted by atomic mass is 10.2. The van der Waals surface area contributed by atoms with E-state index in [-0.39, 0.29) is 26.1 Å². The summed E-state index contributed by atoms with van der Waals surface area (Å²) in [6.45, 7) is 0.112. The minimum atomic E-state index is -2.59. The summed E-state index contributed by atoms with van der Waals surface area (Å²) in [5.74, 6) is -0.893. The number of rotatable bonds is 2. The van der Waals surface area contributed by atoms with Crippen LogP contribution in [0.4, 0.5) is 13.2 Å². The molecule has 1 aliphatic heterocycles. The second-order valence-electron chi connectivity index (χ2n) is 3.16. The molecule has 1 saturated heterocycles. The molecule has 0 saturated carbocycles. The molecule has 0 aromatic heterocycles. The molecule has 1 fully saturated rings. The number of ether oxygens (including phenoxy) is 1. The highest BCUT2D eigenvalue weighted by Gasteiger charge is 2.29. The quantitative estimate of drug-likeness (QED) is 0.689. The standard InChI is InChI=1S/C8H11ClF3NO2/c9-6(10)8(14)13-2-1-5(7(11)12)15-4-3-13/h5-7H,1-4H2. The molecule has 7 heteroatoms. The van der Waals surface area contributed by atoms with Gasteiger partial charge in [-0.1, -0.05) is 11.6 Å². The first-order chi connectivity index (χ1) is 7.02. The zero-order valence-electron chi connectivity index (χ0n) is 7.84. The largest absolute Gasteiger partial charge is 0.370 e. The lowest BCUT2D eigenvalue weighted by Gasteiger charge is -2.19. The third kappa shape index (κ3) is 3.53. The molecular weight excluding hydrogens is 235 g/mol. The lowest BCUT2D eigenvalue weighted by Crippen LogP contribution is -2.37. The number of carbonyl (C=O) groups is 1. The van der Waals surface area contributed by atoms with Crippen molar-refractivity contribution in [2.45, 2.75) is 24.6 Å². The Bertz CT molecular complexity index is 228. The first-order valence-corrected chi connectivity index (χ1v) is 4.92. The third-order valence-corrected chi connectivity index (χ3v) is 2.34. The van der Waals surface area contributed by atoms with Crippen LogP contribution in [0.2, 0.25) is 0 Å². The average molecular weight is 246 g/mol. The van der Waals surface area contributed by atoms with Crippen LogP contribution in [0, 0.1) is 0 Å². The van der Waals surface area contributed by atoms with Crippen molar-refractivity contribution in [3.05, 3.63) is 0 Å². The van der Waals surface area contributed by atoms with Crippen LogP contribution in [0.1, 0.15) is 6.42 Å². The second-order valence-corrected chi connectivity index (χ2v) is 3.54. The first kappa shape index (κ1) is 12.6. The van der Waals surface area contributed by atoms with E-state index in [9.17, 15) is 18.0 Å². The van der Waals surface area contributed by atoms with Crippen molar-refractivity contribution in [3.8, 4) is 0 Å². The third-order valence-electron chi connectivity index (χ3n) is 2.16. The van der Waals surface area contributed by atoms with Gasteiger partial charge < -0.3 is 9.64 Å². The number of carbonyl (C=O) groups excluding carboxylic acids is 1. The van der Waals surface area contributed by atoms with E-state index >= 15 is 0 Å². The highest BCUT2D eigenvalue weighted by molar-refractivity contribution is 6.29. The van der Waals surface area contributed by atoms with Crippen LogP contribution < -0.4 is 0 Å². The number of halogens is 4. The van der Waals surface area contributed by atoms with Gasteiger partial charge in [-0.05, 0) is 6.42 Å². The Morgan fingerprint density at radius 1 is 1.40 bits per heavy atom. The maximum absolute atomic E-state index is 12.5. The minimum Gasteiger partial charge on any atom is -0.370 e. The van der Waals surface area contributed by atoms with Gasteiger partial charge in [0.05, 0.1) is 6.61 Å². The molecule has 2 atom stereocenters. The summed E-state index contributed by atoms with van der Waals surface area (Å²) in [7, 11) is 0. The zero-order chi connectivity index (χ0) is 11.4. The molecule has 0 N–H and O–H groups in total. The highest BCUT2D eigenvalue weighted by atomic mass is 35.5. The van der Waals surface area contributed by atoms with E-state index in [4.69, 9.17) is 16.3 Å². The van der Waals surface area contributed by atoms with Gasteiger partial charge in [-0.3, -0.25) is 4.79 Å². The summed E-state index contributed by atoms with van der Waals surface area (Å²) in [4.78, 5) is 12.2. The molecule has 3 nitrogen and oxygen atoms in total. The maximum Gasteiger partial charge on any atom is 0.272 e. The molecule has 0 radical (unpaired) electrons. The van der Waals surface area contributed by atoms with Crippen molar-refractivity contribution in [2.75, 3.05) is 19.7 Å². The Morgan fingerprint density at radius 2 is 2.07 bits per heavy atom. The van der Waals surface area contributed by atoms with Gasteiger partial charge in [0, 0.05) is 13.1 Å². The van der Waals surface area contributed by atoms with Gasteiger partial charge >= 0.3 is 0 Å². The molecule has 15 heavy (non-hydrogen) atoms. The van der Waals surface area contributed by atoms with Gasteiger partial charge in [-0.15, -0.1) is 0 Å². The maximum atomic E-state index is 12.5. The lowest BCUT2D eigenvalue weighted by molar-refractivity contribution is -0.133.